The Balaban J connectivity index is 1.36. The summed E-state index contributed by atoms with van der Waals surface area (Å²) in [6, 6.07) is 0.702. The molecule has 2 N–H and O–H groups in total. The SMILES string of the molecule is NC[C@H]1CCCN1c1nc(N2CCN(C3C=CC(Cl)=CC3)CC2)nc2c1S(=O)CC2. The summed E-state index contributed by atoms with van der Waals surface area (Å²) >= 11 is 6.07. The zero-order valence-electron chi connectivity index (χ0n) is 17.2. The maximum absolute atomic E-state index is 12.7. The lowest BCUT2D eigenvalue weighted by Crippen LogP contribution is -2.50. The summed E-state index contributed by atoms with van der Waals surface area (Å²) in [6.07, 6.45) is 10.2. The van der Waals surface area contributed by atoms with Gasteiger partial charge in [0.05, 0.1) is 16.5 Å². The van der Waals surface area contributed by atoms with Crippen LogP contribution < -0.4 is 15.5 Å². The first-order valence-electron chi connectivity index (χ1n) is 10.9. The first kappa shape index (κ1) is 20.4. The van der Waals surface area contributed by atoms with Crippen LogP contribution >= 0.6 is 11.6 Å². The van der Waals surface area contributed by atoms with Gasteiger partial charge in [0.15, 0.2) is 5.82 Å². The van der Waals surface area contributed by atoms with Gasteiger partial charge in [0.2, 0.25) is 5.95 Å². The molecule has 3 atom stereocenters. The summed E-state index contributed by atoms with van der Waals surface area (Å²) < 4.78 is 12.7. The number of hydrogen-bond donors (Lipinski definition) is 1. The fourth-order valence-corrected chi connectivity index (χ4v) is 6.49. The smallest absolute Gasteiger partial charge is 0.227 e. The van der Waals surface area contributed by atoms with Crippen molar-refractivity contribution in [3.63, 3.8) is 0 Å². The molecule has 1 aromatic heterocycles. The highest BCUT2D eigenvalue weighted by Crippen LogP contribution is 2.35. The highest BCUT2D eigenvalue weighted by molar-refractivity contribution is 7.85. The van der Waals surface area contributed by atoms with Gasteiger partial charge in [0.1, 0.15) is 4.90 Å². The molecule has 2 unspecified atom stereocenters. The number of halogens is 1. The molecule has 2 fully saturated rings. The van der Waals surface area contributed by atoms with Gasteiger partial charge in [0.25, 0.3) is 0 Å². The van der Waals surface area contributed by atoms with E-state index in [1.54, 1.807) is 0 Å². The second-order valence-corrected chi connectivity index (χ2v) is 10.4. The molecule has 7 nitrogen and oxygen atoms in total. The molecule has 1 aliphatic carbocycles. The van der Waals surface area contributed by atoms with Crippen LogP contribution in [0.25, 0.3) is 0 Å². The second kappa shape index (κ2) is 8.57. The molecule has 0 spiro atoms. The Morgan fingerprint density at radius 3 is 2.77 bits per heavy atom. The summed E-state index contributed by atoms with van der Waals surface area (Å²) in [7, 11) is -1.01. The third-order valence-corrected chi connectivity index (χ3v) is 8.41. The number of rotatable bonds is 4. The number of aromatic nitrogens is 2. The van der Waals surface area contributed by atoms with Crippen LogP contribution in [0.3, 0.4) is 0 Å². The standard InChI is InChI=1S/C21H29ClN6OS/c22-15-3-5-16(6-4-15)26-9-11-27(12-10-26)21-24-18-7-13-30(29)19(18)20(25-21)28-8-1-2-17(28)14-23/h3-5,16-17H,1-2,6-14,23H2/t16?,17-,30?/m1/s1. The number of aryl methyl sites for hydroxylation is 1. The lowest BCUT2D eigenvalue weighted by Gasteiger charge is -2.39. The Labute approximate surface area is 185 Å². The Hall–Kier alpha value is -1.48. The average molecular weight is 449 g/mol. The van der Waals surface area contributed by atoms with E-state index in [1.165, 1.54) is 0 Å². The van der Waals surface area contributed by atoms with E-state index >= 15 is 0 Å². The Morgan fingerprint density at radius 1 is 1.20 bits per heavy atom. The number of piperazine rings is 1. The van der Waals surface area contributed by atoms with E-state index in [0.29, 0.717) is 18.3 Å². The maximum Gasteiger partial charge on any atom is 0.227 e. The molecular weight excluding hydrogens is 420 g/mol. The van der Waals surface area contributed by atoms with Crippen molar-refractivity contribution in [1.29, 1.82) is 0 Å². The fourth-order valence-electron chi connectivity index (χ4n) is 4.97. The van der Waals surface area contributed by atoms with E-state index in [1.807, 2.05) is 6.08 Å². The van der Waals surface area contributed by atoms with Crippen LogP contribution in [-0.2, 0) is 17.2 Å². The minimum absolute atomic E-state index is 0.282. The third-order valence-electron chi connectivity index (χ3n) is 6.68. The highest BCUT2D eigenvalue weighted by Gasteiger charge is 2.34. The summed E-state index contributed by atoms with van der Waals surface area (Å²) in [4.78, 5) is 17.8. The van der Waals surface area contributed by atoms with Crippen molar-refractivity contribution in [2.45, 2.75) is 42.7 Å². The quantitative estimate of drug-likeness (QED) is 0.750. The number of hydrogen-bond acceptors (Lipinski definition) is 7. The predicted octanol–water partition coefficient (Wildman–Crippen LogP) is 1.64. The van der Waals surface area contributed by atoms with Crippen LogP contribution in [-0.4, -0.2) is 76.2 Å². The molecule has 0 radical (unpaired) electrons. The summed E-state index contributed by atoms with van der Waals surface area (Å²) in [5, 5.41) is 0.832. The average Bonchev–Trinajstić information content (AvgIpc) is 3.40. The summed E-state index contributed by atoms with van der Waals surface area (Å²) in [6.45, 7) is 5.26. The van der Waals surface area contributed by atoms with E-state index in [0.717, 1.165) is 85.8 Å². The second-order valence-electron chi connectivity index (χ2n) is 8.42. The van der Waals surface area contributed by atoms with E-state index in [4.69, 9.17) is 27.3 Å². The van der Waals surface area contributed by atoms with E-state index in [2.05, 4.69) is 26.9 Å². The van der Waals surface area contributed by atoms with Gasteiger partial charge < -0.3 is 15.5 Å². The van der Waals surface area contributed by atoms with Gasteiger partial charge in [-0.3, -0.25) is 9.11 Å². The van der Waals surface area contributed by atoms with Crippen LogP contribution in [0.4, 0.5) is 11.8 Å². The molecule has 0 amide bonds. The molecule has 3 aliphatic heterocycles. The van der Waals surface area contributed by atoms with Crippen molar-refractivity contribution in [2.75, 3.05) is 54.8 Å². The minimum atomic E-state index is -1.01. The van der Waals surface area contributed by atoms with Crippen molar-refractivity contribution < 1.29 is 4.21 Å². The van der Waals surface area contributed by atoms with E-state index in [-0.39, 0.29) is 6.04 Å². The largest absolute Gasteiger partial charge is 0.351 e. The van der Waals surface area contributed by atoms with Gasteiger partial charge in [-0.2, -0.15) is 4.98 Å². The fraction of sp³-hybridized carbons (Fsp3) is 0.619. The van der Waals surface area contributed by atoms with E-state index < -0.39 is 10.8 Å². The molecule has 0 bridgehead atoms. The van der Waals surface area contributed by atoms with Crippen LogP contribution in [0.15, 0.2) is 28.2 Å². The summed E-state index contributed by atoms with van der Waals surface area (Å²) in [5.74, 6) is 2.31. The number of anilines is 2. The molecule has 4 aliphatic rings. The van der Waals surface area contributed by atoms with Gasteiger partial charge in [-0.1, -0.05) is 23.8 Å². The zero-order valence-corrected chi connectivity index (χ0v) is 18.7. The Morgan fingerprint density at radius 2 is 2.03 bits per heavy atom. The van der Waals surface area contributed by atoms with Crippen LogP contribution in [0.2, 0.25) is 0 Å². The third kappa shape index (κ3) is 3.79. The van der Waals surface area contributed by atoms with Crippen molar-refractivity contribution in [2.24, 2.45) is 5.73 Å². The minimum Gasteiger partial charge on any atom is -0.351 e. The first-order chi connectivity index (χ1) is 14.6. The molecule has 9 heteroatoms. The number of allylic oxidation sites excluding steroid dienone is 2. The summed E-state index contributed by atoms with van der Waals surface area (Å²) in [5.41, 5.74) is 6.99. The van der Waals surface area contributed by atoms with Crippen molar-refractivity contribution in [1.82, 2.24) is 14.9 Å². The number of fused-ring (bicyclic) bond motifs is 1. The molecule has 30 heavy (non-hydrogen) atoms. The van der Waals surface area contributed by atoms with Crippen LogP contribution in [0, 0.1) is 0 Å². The van der Waals surface area contributed by atoms with Gasteiger partial charge in [0, 0.05) is 68.6 Å². The van der Waals surface area contributed by atoms with Crippen molar-refractivity contribution in [3.8, 4) is 0 Å². The molecule has 1 aromatic rings. The van der Waals surface area contributed by atoms with Gasteiger partial charge in [-0.25, -0.2) is 4.98 Å². The molecule has 0 aromatic carbocycles. The first-order valence-corrected chi connectivity index (χ1v) is 12.6. The van der Waals surface area contributed by atoms with Crippen molar-refractivity contribution in [3.05, 3.63) is 29.0 Å². The van der Waals surface area contributed by atoms with E-state index in [9.17, 15) is 4.21 Å². The zero-order chi connectivity index (χ0) is 20.7. The predicted molar refractivity (Wildman–Crippen MR) is 122 cm³/mol. The van der Waals surface area contributed by atoms with Gasteiger partial charge in [-0.05, 0) is 25.3 Å². The number of nitrogens with two attached hydrogens (primary N) is 1. The van der Waals surface area contributed by atoms with Crippen molar-refractivity contribution >= 4 is 34.2 Å². The Bertz CT molecular complexity index is 898. The maximum atomic E-state index is 12.7. The monoisotopic (exact) mass is 448 g/mol. The molecule has 162 valence electrons. The van der Waals surface area contributed by atoms with Crippen LogP contribution in [0.1, 0.15) is 25.0 Å². The van der Waals surface area contributed by atoms with Gasteiger partial charge >= 0.3 is 0 Å². The Kier molecular flexibility index (Phi) is 5.84. The molecule has 2 saturated heterocycles. The van der Waals surface area contributed by atoms with Crippen LogP contribution in [0.5, 0.6) is 0 Å². The van der Waals surface area contributed by atoms with Gasteiger partial charge in [-0.15, -0.1) is 0 Å². The molecule has 0 saturated carbocycles. The highest BCUT2D eigenvalue weighted by atomic mass is 35.5. The molecule has 5 rings (SSSR count). The number of nitrogens with zero attached hydrogens (tertiary/aromatic N) is 5. The molecular formula is C21H29ClN6OS. The topological polar surface area (TPSA) is 78.6 Å². The molecule has 4 heterocycles. The normalized spacial score (nSPS) is 29.4. The lowest BCUT2D eigenvalue weighted by atomic mass is 10.1. The lowest BCUT2D eigenvalue weighted by molar-refractivity contribution is 0.215.